The number of sulfone groups is 1. The molecule has 1 unspecified atom stereocenters. The van der Waals surface area contributed by atoms with Gasteiger partial charge in [0.1, 0.15) is 5.82 Å². The largest absolute Gasteiger partial charge is 0.353 e. The molecule has 1 amide bonds. The highest BCUT2D eigenvalue weighted by Gasteiger charge is 2.32. The maximum Gasteiger partial charge on any atom is 0.251 e. The number of hydrogen-bond donors (Lipinski definition) is 1. The van der Waals surface area contributed by atoms with Gasteiger partial charge in [-0.3, -0.25) is 4.79 Å². The van der Waals surface area contributed by atoms with Crippen LogP contribution in [0.4, 0.5) is 5.82 Å². The van der Waals surface area contributed by atoms with Crippen LogP contribution in [0, 0.1) is 0 Å². The lowest BCUT2D eigenvalue weighted by molar-refractivity contribution is 0.0953. The predicted octanol–water partition coefficient (Wildman–Crippen LogP) is 1.62. The molecule has 0 radical (unpaired) electrons. The molecule has 0 aromatic carbocycles. The molecule has 0 saturated carbocycles. The molecule has 2 heterocycles. The number of nitrogens with zero attached hydrogens (tertiary/aromatic N) is 2. The second-order valence-electron chi connectivity index (χ2n) is 5.86. The summed E-state index contributed by atoms with van der Waals surface area (Å²) in [5.74, 6) is 0.941. The number of pyridine rings is 1. The first-order valence-electron chi connectivity index (χ1n) is 8.18. The summed E-state index contributed by atoms with van der Waals surface area (Å²) in [5.41, 5.74) is 0.561. The molecule has 1 aromatic heterocycles. The van der Waals surface area contributed by atoms with Crippen molar-refractivity contribution in [2.45, 2.75) is 39.2 Å². The Labute approximate surface area is 138 Å². The molecule has 1 N–H and O–H groups in total. The summed E-state index contributed by atoms with van der Waals surface area (Å²) in [5, 5.41) is 2.89. The zero-order valence-electron chi connectivity index (χ0n) is 13.8. The zero-order chi connectivity index (χ0) is 16.9. The quantitative estimate of drug-likeness (QED) is 0.764. The second-order valence-corrected chi connectivity index (χ2v) is 8.08. The SMILES string of the molecule is CCCCNC(=O)c1ccnc(N(CC)C2CCS(=O)(=O)C2)c1. The Balaban J connectivity index is 2.12. The van der Waals surface area contributed by atoms with Crippen LogP contribution in [0.1, 0.15) is 43.5 Å². The second kappa shape index (κ2) is 7.77. The Morgan fingerprint density at radius 3 is 2.83 bits per heavy atom. The van der Waals surface area contributed by atoms with Gasteiger partial charge in [-0.15, -0.1) is 0 Å². The number of amides is 1. The summed E-state index contributed by atoms with van der Waals surface area (Å²) in [7, 11) is -2.95. The van der Waals surface area contributed by atoms with Crippen LogP contribution < -0.4 is 10.2 Å². The molecule has 0 spiro atoms. The Bertz CT molecular complexity index is 646. The van der Waals surface area contributed by atoms with E-state index in [4.69, 9.17) is 0 Å². The molecule has 1 aromatic rings. The topological polar surface area (TPSA) is 79.4 Å². The maximum atomic E-state index is 12.2. The monoisotopic (exact) mass is 339 g/mol. The van der Waals surface area contributed by atoms with Crippen molar-refractivity contribution in [3.05, 3.63) is 23.9 Å². The van der Waals surface area contributed by atoms with Crippen molar-refractivity contribution < 1.29 is 13.2 Å². The van der Waals surface area contributed by atoms with Gasteiger partial charge in [-0.2, -0.15) is 0 Å². The molecule has 1 saturated heterocycles. The minimum absolute atomic E-state index is 0.0593. The number of anilines is 1. The van der Waals surface area contributed by atoms with Gasteiger partial charge >= 0.3 is 0 Å². The van der Waals surface area contributed by atoms with Crippen molar-refractivity contribution in [2.24, 2.45) is 0 Å². The average Bonchev–Trinajstić information content (AvgIpc) is 2.88. The minimum atomic E-state index is -2.95. The predicted molar refractivity (Wildman–Crippen MR) is 91.6 cm³/mol. The van der Waals surface area contributed by atoms with E-state index >= 15 is 0 Å². The number of nitrogens with one attached hydrogen (secondary N) is 1. The molecule has 1 fully saturated rings. The Hall–Kier alpha value is -1.63. The van der Waals surface area contributed by atoms with E-state index < -0.39 is 9.84 Å². The van der Waals surface area contributed by atoms with Gasteiger partial charge in [0, 0.05) is 30.9 Å². The van der Waals surface area contributed by atoms with Gasteiger partial charge in [0.05, 0.1) is 11.5 Å². The number of carbonyl (C=O) groups excluding carboxylic acids is 1. The van der Waals surface area contributed by atoms with E-state index in [2.05, 4.69) is 17.2 Å². The van der Waals surface area contributed by atoms with Crippen LogP contribution in [-0.4, -0.2) is 49.9 Å². The molecule has 6 nitrogen and oxygen atoms in total. The van der Waals surface area contributed by atoms with E-state index in [1.807, 2.05) is 11.8 Å². The molecule has 7 heteroatoms. The first-order chi connectivity index (χ1) is 11.0. The lowest BCUT2D eigenvalue weighted by Crippen LogP contribution is -2.37. The lowest BCUT2D eigenvalue weighted by Gasteiger charge is -2.28. The molecule has 0 bridgehead atoms. The van der Waals surface area contributed by atoms with Crippen molar-refractivity contribution in [1.82, 2.24) is 10.3 Å². The molecular formula is C16H25N3O3S. The first kappa shape index (κ1) is 17.7. The van der Waals surface area contributed by atoms with Gasteiger partial charge < -0.3 is 10.2 Å². The summed E-state index contributed by atoms with van der Waals surface area (Å²) in [6, 6.07) is 3.37. The number of hydrogen-bond acceptors (Lipinski definition) is 5. The third-order valence-electron chi connectivity index (χ3n) is 4.11. The number of unbranched alkanes of at least 4 members (excludes halogenated alkanes) is 1. The van der Waals surface area contributed by atoms with Crippen LogP contribution in [0.5, 0.6) is 0 Å². The van der Waals surface area contributed by atoms with Crippen molar-refractivity contribution >= 4 is 21.6 Å². The minimum Gasteiger partial charge on any atom is -0.353 e. The summed E-state index contributed by atoms with van der Waals surface area (Å²) >= 11 is 0. The summed E-state index contributed by atoms with van der Waals surface area (Å²) in [4.78, 5) is 18.5. The van der Waals surface area contributed by atoms with Crippen LogP contribution in [-0.2, 0) is 9.84 Å². The Kier molecular flexibility index (Phi) is 5.98. The van der Waals surface area contributed by atoms with Crippen LogP contribution in [0.2, 0.25) is 0 Å². The molecule has 2 rings (SSSR count). The summed E-state index contributed by atoms with van der Waals surface area (Å²) in [6.45, 7) is 5.37. The first-order valence-corrected chi connectivity index (χ1v) is 10.00. The van der Waals surface area contributed by atoms with E-state index in [1.165, 1.54) is 0 Å². The summed E-state index contributed by atoms with van der Waals surface area (Å²) in [6.07, 6.45) is 4.20. The Morgan fingerprint density at radius 1 is 1.43 bits per heavy atom. The van der Waals surface area contributed by atoms with Gasteiger partial charge in [-0.1, -0.05) is 13.3 Å². The fraction of sp³-hybridized carbons (Fsp3) is 0.625. The van der Waals surface area contributed by atoms with E-state index in [9.17, 15) is 13.2 Å². The van der Waals surface area contributed by atoms with Crippen LogP contribution in [0.25, 0.3) is 0 Å². The molecular weight excluding hydrogens is 314 g/mol. The smallest absolute Gasteiger partial charge is 0.251 e. The maximum absolute atomic E-state index is 12.2. The number of carbonyl (C=O) groups is 1. The van der Waals surface area contributed by atoms with Gasteiger partial charge in [0.2, 0.25) is 0 Å². The van der Waals surface area contributed by atoms with Crippen LogP contribution in [0.3, 0.4) is 0 Å². The molecule has 128 valence electrons. The standard InChI is InChI=1S/C16H25N3O3S/c1-3-5-8-18-16(20)13-6-9-17-15(11-13)19(4-2)14-7-10-23(21,22)12-14/h6,9,11,14H,3-5,7-8,10,12H2,1-2H3,(H,18,20). The van der Waals surface area contributed by atoms with Crippen LogP contribution in [0.15, 0.2) is 18.3 Å². The lowest BCUT2D eigenvalue weighted by atomic mass is 10.2. The Morgan fingerprint density at radius 2 is 2.22 bits per heavy atom. The molecule has 1 atom stereocenters. The number of aromatic nitrogens is 1. The zero-order valence-corrected chi connectivity index (χ0v) is 14.6. The van der Waals surface area contributed by atoms with Crippen molar-refractivity contribution in [2.75, 3.05) is 29.5 Å². The van der Waals surface area contributed by atoms with Crippen molar-refractivity contribution in [3.8, 4) is 0 Å². The fourth-order valence-corrected chi connectivity index (χ4v) is 4.56. The van der Waals surface area contributed by atoms with E-state index in [0.717, 1.165) is 12.8 Å². The van der Waals surface area contributed by atoms with Gasteiger partial charge in [0.15, 0.2) is 9.84 Å². The molecule has 1 aliphatic heterocycles. The fourth-order valence-electron chi connectivity index (χ4n) is 2.83. The van der Waals surface area contributed by atoms with E-state index in [-0.39, 0.29) is 23.5 Å². The normalized spacial score (nSPS) is 19.5. The van der Waals surface area contributed by atoms with E-state index in [0.29, 0.717) is 30.9 Å². The molecule has 0 aliphatic carbocycles. The highest BCUT2D eigenvalue weighted by atomic mass is 32.2. The third-order valence-corrected chi connectivity index (χ3v) is 5.86. The van der Waals surface area contributed by atoms with Gasteiger partial charge in [-0.25, -0.2) is 13.4 Å². The van der Waals surface area contributed by atoms with Crippen molar-refractivity contribution in [3.63, 3.8) is 0 Å². The van der Waals surface area contributed by atoms with E-state index in [1.54, 1.807) is 18.3 Å². The van der Waals surface area contributed by atoms with Gasteiger partial charge in [-0.05, 0) is 31.9 Å². The third kappa shape index (κ3) is 4.67. The highest BCUT2D eigenvalue weighted by Crippen LogP contribution is 2.23. The number of rotatable bonds is 7. The average molecular weight is 339 g/mol. The molecule has 1 aliphatic rings. The van der Waals surface area contributed by atoms with Gasteiger partial charge in [0.25, 0.3) is 5.91 Å². The van der Waals surface area contributed by atoms with Crippen LogP contribution >= 0.6 is 0 Å². The van der Waals surface area contributed by atoms with Crippen molar-refractivity contribution in [1.29, 1.82) is 0 Å². The summed E-state index contributed by atoms with van der Waals surface area (Å²) < 4.78 is 23.4. The molecule has 23 heavy (non-hydrogen) atoms. The highest BCUT2D eigenvalue weighted by molar-refractivity contribution is 7.91.